The molecule has 4 rings (SSSR count). The molecule has 0 spiro atoms. The molecule has 1 atom stereocenters. The van der Waals surface area contributed by atoms with Crippen molar-refractivity contribution in [2.75, 3.05) is 10.6 Å². The fraction of sp³-hybridized carbons (Fsp3) is 0.345. The highest BCUT2D eigenvalue weighted by atomic mass is 32.1. The van der Waals surface area contributed by atoms with Crippen LogP contribution in [-0.4, -0.2) is 49.4 Å². The predicted molar refractivity (Wildman–Crippen MR) is 155 cm³/mol. The van der Waals surface area contributed by atoms with E-state index in [0.717, 1.165) is 22.6 Å². The van der Waals surface area contributed by atoms with Gasteiger partial charge in [-0.1, -0.05) is 35.6 Å². The molecular formula is C29H33N5O5S. The van der Waals surface area contributed by atoms with Crippen LogP contribution in [0.3, 0.4) is 0 Å². The summed E-state index contributed by atoms with van der Waals surface area (Å²) in [6.07, 6.45) is 1.87. The van der Waals surface area contributed by atoms with Crippen molar-refractivity contribution >= 4 is 44.4 Å². The number of rotatable bonds is 8. The molecule has 0 aliphatic heterocycles. The Labute approximate surface area is 236 Å². The summed E-state index contributed by atoms with van der Waals surface area (Å²) in [5, 5.41) is 25.6. The number of amides is 1. The van der Waals surface area contributed by atoms with E-state index in [0.29, 0.717) is 22.5 Å². The molecule has 2 aromatic heterocycles. The number of aromatic hydroxyl groups is 1. The Morgan fingerprint density at radius 2 is 1.65 bits per heavy atom. The summed E-state index contributed by atoms with van der Waals surface area (Å²) < 4.78 is 11.5. The third-order valence-electron chi connectivity index (χ3n) is 5.41. The third kappa shape index (κ3) is 7.66. The van der Waals surface area contributed by atoms with Crippen LogP contribution in [-0.2, 0) is 16.0 Å². The van der Waals surface area contributed by atoms with Gasteiger partial charge in [-0.25, -0.2) is 4.79 Å². The molecule has 1 amide bonds. The van der Waals surface area contributed by atoms with Gasteiger partial charge in [0, 0.05) is 18.0 Å². The van der Waals surface area contributed by atoms with Gasteiger partial charge in [-0.2, -0.15) is 0 Å². The van der Waals surface area contributed by atoms with E-state index in [9.17, 15) is 14.7 Å². The number of carbonyl (C=O) groups excluding carboxylic acids is 2. The number of nitrogens with zero attached hydrogens (tertiary/aromatic N) is 3. The molecule has 2 heterocycles. The summed E-state index contributed by atoms with van der Waals surface area (Å²) >= 11 is 1.06. The number of benzene rings is 2. The van der Waals surface area contributed by atoms with E-state index >= 15 is 0 Å². The van der Waals surface area contributed by atoms with Gasteiger partial charge < -0.3 is 19.9 Å². The minimum atomic E-state index is -0.763. The molecule has 40 heavy (non-hydrogen) atoms. The summed E-state index contributed by atoms with van der Waals surface area (Å²) in [4.78, 5) is 30.1. The van der Waals surface area contributed by atoms with Crippen LogP contribution in [0.4, 0.5) is 10.3 Å². The molecule has 0 aliphatic carbocycles. The van der Waals surface area contributed by atoms with Crippen LogP contribution in [0.15, 0.2) is 54.7 Å². The number of hydrogen-bond acceptors (Lipinski definition) is 10. The molecule has 3 N–H and O–H groups in total. The largest absolute Gasteiger partial charge is 0.505 e. The molecule has 0 saturated heterocycles. The highest BCUT2D eigenvalue weighted by Gasteiger charge is 2.27. The minimum absolute atomic E-state index is 0.0569. The van der Waals surface area contributed by atoms with Crippen molar-refractivity contribution in [3.05, 3.63) is 65.9 Å². The Kier molecular flexibility index (Phi) is 8.24. The predicted octanol–water partition coefficient (Wildman–Crippen LogP) is 5.59. The standard InChI is InChI=1S/C29H33N5O5S/c1-28(2,3)38-19-12-9-17(10-13-19)16-21(25(37)39-29(4,5)6)31-26-33-34-27(40-26)32-24(36)20-14-11-18-8-7-15-30-22(18)23(20)35/h7-15,21,35H,16H2,1-6H3,(H,31,33)(H,32,34,36)/t21-/m0/s1. The molecule has 0 unspecified atom stereocenters. The van der Waals surface area contributed by atoms with E-state index in [1.54, 1.807) is 45.2 Å². The number of phenolic OH excluding ortho intramolecular Hbond substituents is 1. The van der Waals surface area contributed by atoms with Crippen molar-refractivity contribution in [3.63, 3.8) is 0 Å². The zero-order valence-electron chi connectivity index (χ0n) is 23.3. The fourth-order valence-corrected chi connectivity index (χ4v) is 4.50. The lowest BCUT2D eigenvalue weighted by Gasteiger charge is -2.24. The Morgan fingerprint density at radius 1 is 0.950 bits per heavy atom. The average Bonchev–Trinajstić information content (AvgIpc) is 3.29. The molecule has 2 aromatic carbocycles. The first kappa shape index (κ1) is 28.8. The molecule has 0 radical (unpaired) electrons. The molecule has 10 nitrogen and oxygen atoms in total. The van der Waals surface area contributed by atoms with E-state index in [1.807, 2.05) is 45.0 Å². The van der Waals surface area contributed by atoms with Crippen LogP contribution in [0.1, 0.15) is 57.5 Å². The van der Waals surface area contributed by atoms with Crippen LogP contribution in [0.25, 0.3) is 10.9 Å². The molecule has 11 heteroatoms. The molecule has 0 bridgehead atoms. The number of ether oxygens (including phenoxy) is 2. The zero-order chi connectivity index (χ0) is 29.1. The lowest BCUT2D eigenvalue weighted by molar-refractivity contribution is -0.155. The van der Waals surface area contributed by atoms with Gasteiger partial charge >= 0.3 is 5.97 Å². The summed E-state index contributed by atoms with van der Waals surface area (Å²) in [7, 11) is 0. The highest BCUT2D eigenvalue weighted by molar-refractivity contribution is 7.19. The lowest BCUT2D eigenvalue weighted by Crippen LogP contribution is -2.38. The first-order valence-corrected chi connectivity index (χ1v) is 13.6. The molecule has 0 fully saturated rings. The number of nitrogens with one attached hydrogen (secondary N) is 2. The van der Waals surface area contributed by atoms with Gasteiger partial charge in [-0.15, -0.1) is 10.2 Å². The number of anilines is 2. The number of hydrogen-bond donors (Lipinski definition) is 3. The van der Waals surface area contributed by atoms with Gasteiger partial charge in [-0.3, -0.25) is 15.1 Å². The maximum Gasteiger partial charge on any atom is 0.329 e. The van der Waals surface area contributed by atoms with Crippen molar-refractivity contribution in [2.24, 2.45) is 0 Å². The molecule has 4 aromatic rings. The molecule has 210 valence electrons. The second kappa shape index (κ2) is 11.5. The Balaban J connectivity index is 1.48. The third-order valence-corrected chi connectivity index (χ3v) is 6.18. The van der Waals surface area contributed by atoms with Crippen LogP contribution in [0.2, 0.25) is 0 Å². The van der Waals surface area contributed by atoms with Crippen LogP contribution in [0.5, 0.6) is 11.5 Å². The Morgan fingerprint density at radius 3 is 2.33 bits per heavy atom. The Bertz CT molecular complexity index is 1510. The van der Waals surface area contributed by atoms with E-state index in [-0.39, 0.29) is 22.0 Å². The smallest absolute Gasteiger partial charge is 0.329 e. The van der Waals surface area contributed by atoms with Crippen molar-refractivity contribution in [2.45, 2.75) is 65.2 Å². The first-order chi connectivity index (χ1) is 18.8. The number of carbonyl (C=O) groups is 2. The summed E-state index contributed by atoms with van der Waals surface area (Å²) in [5.41, 5.74) is 0.271. The molecule has 0 saturated carbocycles. The van der Waals surface area contributed by atoms with Crippen molar-refractivity contribution < 1.29 is 24.2 Å². The number of aromatic nitrogens is 3. The second-order valence-electron chi connectivity index (χ2n) is 11.2. The second-order valence-corrected chi connectivity index (χ2v) is 12.2. The van der Waals surface area contributed by atoms with Gasteiger partial charge in [-0.05, 0) is 71.4 Å². The number of pyridine rings is 1. The maximum atomic E-state index is 13.1. The van der Waals surface area contributed by atoms with Gasteiger partial charge in [0.05, 0.1) is 5.56 Å². The van der Waals surface area contributed by atoms with E-state index in [2.05, 4.69) is 25.8 Å². The van der Waals surface area contributed by atoms with Crippen LogP contribution >= 0.6 is 11.3 Å². The quantitative estimate of drug-likeness (QED) is 0.235. The Hall–Kier alpha value is -4.25. The molecular weight excluding hydrogens is 530 g/mol. The minimum Gasteiger partial charge on any atom is -0.505 e. The average molecular weight is 564 g/mol. The van der Waals surface area contributed by atoms with Crippen LogP contribution in [0, 0.1) is 0 Å². The maximum absolute atomic E-state index is 13.1. The van der Waals surface area contributed by atoms with E-state index in [1.165, 1.54) is 6.07 Å². The highest BCUT2D eigenvalue weighted by Crippen LogP contribution is 2.29. The summed E-state index contributed by atoms with van der Waals surface area (Å²) in [5.74, 6) is -0.496. The summed E-state index contributed by atoms with van der Waals surface area (Å²) in [6.45, 7) is 11.3. The first-order valence-electron chi connectivity index (χ1n) is 12.8. The van der Waals surface area contributed by atoms with Gasteiger partial charge in [0.2, 0.25) is 10.3 Å². The monoisotopic (exact) mass is 563 g/mol. The van der Waals surface area contributed by atoms with Gasteiger partial charge in [0.1, 0.15) is 28.5 Å². The SMILES string of the molecule is CC(C)(C)OC(=O)[C@H](Cc1ccc(OC(C)(C)C)cc1)Nc1nnc(NC(=O)c2ccc3cccnc3c2O)s1. The number of esters is 1. The number of fused-ring (bicyclic) bond motifs is 1. The van der Waals surface area contributed by atoms with Crippen molar-refractivity contribution in [1.82, 2.24) is 15.2 Å². The van der Waals surface area contributed by atoms with Crippen molar-refractivity contribution in [1.29, 1.82) is 0 Å². The number of phenols is 1. The lowest BCUT2D eigenvalue weighted by atomic mass is 10.1. The van der Waals surface area contributed by atoms with Gasteiger partial charge in [0.25, 0.3) is 5.91 Å². The van der Waals surface area contributed by atoms with Crippen LogP contribution < -0.4 is 15.4 Å². The van der Waals surface area contributed by atoms with Crippen molar-refractivity contribution in [3.8, 4) is 11.5 Å². The topological polar surface area (TPSA) is 136 Å². The van der Waals surface area contributed by atoms with E-state index in [4.69, 9.17) is 9.47 Å². The van der Waals surface area contributed by atoms with Gasteiger partial charge in [0.15, 0.2) is 5.75 Å². The summed E-state index contributed by atoms with van der Waals surface area (Å²) in [6, 6.07) is 13.5. The molecule has 0 aliphatic rings. The zero-order valence-corrected chi connectivity index (χ0v) is 24.1. The fourth-order valence-electron chi connectivity index (χ4n) is 3.81. The van der Waals surface area contributed by atoms with E-state index < -0.39 is 23.5 Å². The normalized spacial score (nSPS) is 12.6.